The van der Waals surface area contributed by atoms with Gasteiger partial charge in [-0.25, -0.2) is 12.7 Å². The highest BCUT2D eigenvalue weighted by Gasteiger charge is 2.15. The molecule has 0 unspecified atom stereocenters. The molecule has 0 aromatic rings. The standard InChI is InChI=1S/C7H16ClNO2S/c1-3-4-6-9(2)12(10,11)7-5-8/h3-7H2,1-2H3. The largest absolute Gasteiger partial charge is 0.215 e. The smallest absolute Gasteiger partial charge is 0.212 e. The second-order valence-electron chi connectivity index (χ2n) is 2.68. The topological polar surface area (TPSA) is 37.4 Å². The zero-order chi connectivity index (χ0) is 9.61. The first kappa shape index (κ1) is 12.2. The molecule has 0 radical (unpaired) electrons. The van der Waals surface area contributed by atoms with Crippen molar-refractivity contribution in [1.29, 1.82) is 0 Å². The molecule has 0 aliphatic rings. The fourth-order valence-electron chi connectivity index (χ4n) is 0.773. The van der Waals surface area contributed by atoms with Crippen molar-refractivity contribution in [3.05, 3.63) is 0 Å². The molecule has 0 aliphatic heterocycles. The molecule has 0 aromatic heterocycles. The fourth-order valence-corrected chi connectivity index (χ4v) is 2.27. The Labute approximate surface area is 79.8 Å². The lowest BCUT2D eigenvalue weighted by molar-refractivity contribution is 0.460. The van der Waals surface area contributed by atoms with E-state index in [9.17, 15) is 8.42 Å². The minimum Gasteiger partial charge on any atom is -0.212 e. The van der Waals surface area contributed by atoms with E-state index in [4.69, 9.17) is 11.6 Å². The number of alkyl halides is 1. The van der Waals surface area contributed by atoms with E-state index in [0.717, 1.165) is 12.8 Å². The molecule has 0 rings (SSSR count). The maximum atomic E-state index is 11.3. The third-order valence-electron chi connectivity index (χ3n) is 1.64. The lowest BCUT2D eigenvalue weighted by atomic mass is 10.3. The van der Waals surface area contributed by atoms with Gasteiger partial charge in [0.25, 0.3) is 0 Å². The third kappa shape index (κ3) is 4.28. The van der Waals surface area contributed by atoms with Crippen LogP contribution in [0.2, 0.25) is 0 Å². The molecule has 0 aromatic carbocycles. The molecule has 0 saturated heterocycles. The number of sulfonamides is 1. The second kappa shape index (κ2) is 5.78. The highest BCUT2D eigenvalue weighted by molar-refractivity contribution is 7.89. The van der Waals surface area contributed by atoms with Crippen LogP contribution in [0.15, 0.2) is 0 Å². The van der Waals surface area contributed by atoms with E-state index >= 15 is 0 Å². The first-order valence-electron chi connectivity index (χ1n) is 4.04. The molecule has 0 bridgehead atoms. The van der Waals surface area contributed by atoms with Crippen molar-refractivity contribution < 1.29 is 8.42 Å². The van der Waals surface area contributed by atoms with Crippen molar-refractivity contribution in [1.82, 2.24) is 4.31 Å². The van der Waals surface area contributed by atoms with Crippen molar-refractivity contribution in [2.24, 2.45) is 0 Å². The molecule has 74 valence electrons. The van der Waals surface area contributed by atoms with Crippen molar-refractivity contribution >= 4 is 21.6 Å². The molecular weight excluding hydrogens is 198 g/mol. The van der Waals surface area contributed by atoms with Crippen molar-refractivity contribution in [2.45, 2.75) is 19.8 Å². The van der Waals surface area contributed by atoms with Gasteiger partial charge in [-0.3, -0.25) is 0 Å². The normalized spacial score (nSPS) is 12.3. The number of nitrogens with zero attached hydrogens (tertiary/aromatic N) is 1. The van der Waals surface area contributed by atoms with Gasteiger partial charge in [-0.05, 0) is 6.42 Å². The molecule has 0 atom stereocenters. The summed E-state index contributed by atoms with van der Waals surface area (Å²) in [6.45, 7) is 2.62. The van der Waals surface area contributed by atoms with E-state index in [-0.39, 0.29) is 11.6 Å². The summed E-state index contributed by atoms with van der Waals surface area (Å²) in [6, 6.07) is 0. The Balaban J connectivity index is 3.98. The van der Waals surface area contributed by atoms with Crippen LogP contribution in [0, 0.1) is 0 Å². The monoisotopic (exact) mass is 213 g/mol. The average Bonchev–Trinajstić information content (AvgIpc) is 2.00. The summed E-state index contributed by atoms with van der Waals surface area (Å²) in [7, 11) is -1.49. The Morgan fingerprint density at radius 3 is 2.42 bits per heavy atom. The summed E-state index contributed by atoms with van der Waals surface area (Å²) in [5.41, 5.74) is 0. The first-order valence-corrected chi connectivity index (χ1v) is 6.19. The number of rotatable bonds is 6. The molecule has 0 spiro atoms. The zero-order valence-corrected chi connectivity index (χ0v) is 9.16. The number of unbranched alkanes of at least 4 members (excludes halogenated alkanes) is 1. The Morgan fingerprint density at radius 2 is 2.00 bits per heavy atom. The quantitative estimate of drug-likeness (QED) is 0.624. The Hall–Kier alpha value is 0.200. The summed E-state index contributed by atoms with van der Waals surface area (Å²) >= 11 is 5.36. The molecular formula is C7H16ClNO2S. The predicted octanol–water partition coefficient (Wildman–Crippen LogP) is 1.29. The van der Waals surface area contributed by atoms with E-state index in [2.05, 4.69) is 0 Å². The number of hydrogen-bond donors (Lipinski definition) is 0. The van der Waals surface area contributed by atoms with Gasteiger partial charge in [0.2, 0.25) is 10.0 Å². The minimum atomic E-state index is -3.08. The van der Waals surface area contributed by atoms with Crippen LogP contribution in [0.1, 0.15) is 19.8 Å². The van der Waals surface area contributed by atoms with E-state index < -0.39 is 10.0 Å². The van der Waals surface area contributed by atoms with Crippen molar-refractivity contribution in [2.75, 3.05) is 25.2 Å². The van der Waals surface area contributed by atoms with Gasteiger partial charge in [-0.15, -0.1) is 11.6 Å². The van der Waals surface area contributed by atoms with Crippen LogP contribution in [0.3, 0.4) is 0 Å². The van der Waals surface area contributed by atoms with Gasteiger partial charge < -0.3 is 0 Å². The molecule has 0 amide bonds. The van der Waals surface area contributed by atoms with Gasteiger partial charge in [0.15, 0.2) is 0 Å². The molecule has 0 aliphatic carbocycles. The van der Waals surface area contributed by atoms with Gasteiger partial charge >= 0.3 is 0 Å². The number of hydrogen-bond acceptors (Lipinski definition) is 2. The maximum absolute atomic E-state index is 11.3. The first-order chi connectivity index (χ1) is 5.54. The van der Waals surface area contributed by atoms with Gasteiger partial charge in [0.1, 0.15) is 0 Å². The van der Waals surface area contributed by atoms with Gasteiger partial charge in [-0.2, -0.15) is 0 Å². The SMILES string of the molecule is CCCCN(C)S(=O)(=O)CCCl. The highest BCUT2D eigenvalue weighted by Crippen LogP contribution is 2.01. The molecule has 0 heterocycles. The molecule has 5 heteroatoms. The maximum Gasteiger partial charge on any atom is 0.215 e. The van der Waals surface area contributed by atoms with Crippen LogP contribution in [-0.2, 0) is 10.0 Å². The van der Waals surface area contributed by atoms with Crippen LogP contribution in [0.5, 0.6) is 0 Å². The van der Waals surface area contributed by atoms with E-state index in [1.807, 2.05) is 6.92 Å². The summed E-state index contributed by atoms with van der Waals surface area (Å²) in [5.74, 6) is 0.202. The zero-order valence-electron chi connectivity index (χ0n) is 7.59. The van der Waals surface area contributed by atoms with Crippen LogP contribution in [0.25, 0.3) is 0 Å². The molecule has 12 heavy (non-hydrogen) atoms. The van der Waals surface area contributed by atoms with E-state index in [1.165, 1.54) is 4.31 Å². The van der Waals surface area contributed by atoms with Crippen LogP contribution >= 0.6 is 11.6 Å². The Bertz CT molecular complexity index is 203. The number of halogens is 1. The minimum absolute atomic E-state index is 0.0365. The van der Waals surface area contributed by atoms with Gasteiger partial charge in [0, 0.05) is 19.5 Å². The van der Waals surface area contributed by atoms with Gasteiger partial charge in [0.05, 0.1) is 5.75 Å². The van der Waals surface area contributed by atoms with Crippen LogP contribution in [0.4, 0.5) is 0 Å². The molecule has 0 fully saturated rings. The van der Waals surface area contributed by atoms with Crippen LogP contribution in [-0.4, -0.2) is 37.9 Å². The van der Waals surface area contributed by atoms with E-state index in [0.29, 0.717) is 6.54 Å². The van der Waals surface area contributed by atoms with E-state index in [1.54, 1.807) is 7.05 Å². The second-order valence-corrected chi connectivity index (χ2v) is 5.25. The Kier molecular flexibility index (Phi) is 5.88. The molecule has 3 nitrogen and oxygen atoms in total. The molecule has 0 saturated carbocycles. The lowest BCUT2D eigenvalue weighted by Gasteiger charge is -2.15. The summed E-state index contributed by atoms with van der Waals surface area (Å²) < 4.78 is 23.9. The summed E-state index contributed by atoms with van der Waals surface area (Å²) in [5, 5.41) is 0. The average molecular weight is 214 g/mol. The van der Waals surface area contributed by atoms with Crippen molar-refractivity contribution in [3.63, 3.8) is 0 Å². The highest BCUT2D eigenvalue weighted by atomic mass is 35.5. The third-order valence-corrected chi connectivity index (χ3v) is 3.90. The molecule has 0 N–H and O–H groups in total. The Morgan fingerprint density at radius 1 is 1.42 bits per heavy atom. The lowest BCUT2D eigenvalue weighted by Crippen LogP contribution is -2.30. The summed E-state index contributed by atoms with van der Waals surface area (Å²) in [6.07, 6.45) is 1.90. The van der Waals surface area contributed by atoms with Crippen LogP contribution < -0.4 is 0 Å². The van der Waals surface area contributed by atoms with Gasteiger partial charge in [-0.1, -0.05) is 13.3 Å². The fraction of sp³-hybridized carbons (Fsp3) is 1.00. The summed E-state index contributed by atoms with van der Waals surface area (Å²) in [4.78, 5) is 0. The van der Waals surface area contributed by atoms with Crippen molar-refractivity contribution in [3.8, 4) is 0 Å². The predicted molar refractivity (Wildman–Crippen MR) is 52.0 cm³/mol.